The number of hydrogen-bond acceptors (Lipinski definition) is 3. The first-order valence-corrected chi connectivity index (χ1v) is 10.1. The van der Waals surface area contributed by atoms with Crippen molar-refractivity contribution in [2.24, 2.45) is 5.92 Å². The van der Waals surface area contributed by atoms with Crippen molar-refractivity contribution in [3.05, 3.63) is 16.3 Å². The summed E-state index contributed by atoms with van der Waals surface area (Å²) in [5, 5.41) is 12.3. The van der Waals surface area contributed by atoms with Crippen LogP contribution in [0.15, 0.2) is 0 Å². The van der Waals surface area contributed by atoms with E-state index >= 15 is 0 Å². The minimum atomic E-state index is -1.04. The quantitative estimate of drug-likeness (QED) is 0.340. The zero-order valence-electron chi connectivity index (χ0n) is 11.6. The molecule has 1 aliphatic rings. The lowest BCUT2D eigenvalue weighted by atomic mass is 9.88. The van der Waals surface area contributed by atoms with E-state index in [4.69, 9.17) is 5.73 Å². The van der Waals surface area contributed by atoms with Gasteiger partial charge in [0.15, 0.2) is 0 Å². The molecule has 5 nitrogen and oxygen atoms in total. The molecule has 0 unspecified atom stereocenters. The van der Waals surface area contributed by atoms with E-state index in [1.807, 2.05) is 45.2 Å². The molecule has 1 fully saturated rings. The van der Waals surface area contributed by atoms with Gasteiger partial charge in [0.2, 0.25) is 5.91 Å². The van der Waals surface area contributed by atoms with E-state index in [1.165, 1.54) is 6.42 Å². The third-order valence-electron chi connectivity index (χ3n) is 3.79. The number of hydrogen-bond donors (Lipinski definition) is 3. The Kier molecular flexibility index (Phi) is 6.57. The van der Waals surface area contributed by atoms with Crippen LogP contribution in [0.1, 0.15) is 42.5 Å². The molecule has 0 saturated heterocycles. The highest BCUT2D eigenvalue weighted by atomic mass is 127. The summed E-state index contributed by atoms with van der Waals surface area (Å²) >= 11 is 5.96. The van der Waals surface area contributed by atoms with Crippen molar-refractivity contribution < 1.29 is 14.7 Å². The normalized spacial score (nSPS) is 15.6. The topological polar surface area (TPSA) is 92.4 Å². The van der Waals surface area contributed by atoms with E-state index in [1.54, 1.807) is 0 Å². The predicted molar refractivity (Wildman–Crippen MR) is 111 cm³/mol. The van der Waals surface area contributed by atoms with Crippen LogP contribution >= 0.6 is 67.8 Å². The Balaban J connectivity index is 2.38. The Labute approximate surface area is 169 Å². The fourth-order valence-electron chi connectivity index (χ4n) is 2.57. The highest BCUT2D eigenvalue weighted by Gasteiger charge is 2.27. The molecule has 120 valence electrons. The Bertz CT molecular complexity index is 628. The van der Waals surface area contributed by atoms with E-state index in [0.717, 1.165) is 25.7 Å². The van der Waals surface area contributed by atoms with Crippen LogP contribution in [0.2, 0.25) is 0 Å². The van der Waals surface area contributed by atoms with Crippen LogP contribution in [0, 0.1) is 16.6 Å². The Hall–Kier alpha value is 0.150. The predicted octanol–water partition coefficient (Wildman–Crippen LogP) is 4.30. The minimum Gasteiger partial charge on any atom is -0.478 e. The van der Waals surface area contributed by atoms with Crippen molar-refractivity contribution in [2.45, 2.75) is 32.1 Å². The number of benzene rings is 1. The molecule has 1 aliphatic carbocycles. The SMILES string of the molecule is Nc1c(I)c(NC(=O)C2CCCCC2)c(I)c(C(=O)O)c1I. The molecular formula is C14H15I3N2O3. The van der Waals surface area contributed by atoms with E-state index in [0.29, 0.717) is 22.1 Å². The van der Waals surface area contributed by atoms with Gasteiger partial charge in [0.25, 0.3) is 0 Å². The number of nitrogen functional groups attached to an aromatic ring is 1. The van der Waals surface area contributed by atoms with Crippen LogP contribution in [0.4, 0.5) is 11.4 Å². The molecule has 2 rings (SSSR count). The third-order valence-corrected chi connectivity index (χ3v) is 7.11. The van der Waals surface area contributed by atoms with Crippen LogP contribution in [0.25, 0.3) is 0 Å². The largest absolute Gasteiger partial charge is 0.478 e. The lowest BCUT2D eigenvalue weighted by molar-refractivity contribution is -0.120. The van der Waals surface area contributed by atoms with E-state index in [9.17, 15) is 14.7 Å². The highest BCUT2D eigenvalue weighted by Crippen LogP contribution is 2.37. The first-order valence-electron chi connectivity index (χ1n) is 6.84. The summed E-state index contributed by atoms with van der Waals surface area (Å²) in [7, 11) is 0. The van der Waals surface area contributed by atoms with Gasteiger partial charge in [-0.25, -0.2) is 4.79 Å². The van der Waals surface area contributed by atoms with Crippen LogP contribution in [0.3, 0.4) is 0 Å². The second-order valence-corrected chi connectivity index (χ2v) is 8.47. The average molecular weight is 640 g/mol. The zero-order valence-corrected chi connectivity index (χ0v) is 18.1. The molecule has 1 saturated carbocycles. The maximum absolute atomic E-state index is 12.4. The zero-order chi connectivity index (χ0) is 16.4. The number of carboxylic acids is 1. The van der Waals surface area contributed by atoms with Gasteiger partial charge in [-0.3, -0.25) is 4.79 Å². The van der Waals surface area contributed by atoms with Crippen molar-refractivity contribution in [2.75, 3.05) is 11.1 Å². The van der Waals surface area contributed by atoms with Gasteiger partial charge >= 0.3 is 5.97 Å². The third kappa shape index (κ3) is 3.79. The first-order chi connectivity index (χ1) is 10.3. The van der Waals surface area contributed by atoms with Gasteiger partial charge in [-0.1, -0.05) is 19.3 Å². The summed E-state index contributed by atoms with van der Waals surface area (Å²) in [6.45, 7) is 0. The molecule has 0 radical (unpaired) electrons. The molecule has 0 aliphatic heterocycles. The summed E-state index contributed by atoms with van der Waals surface area (Å²) in [5.41, 5.74) is 7.08. The maximum Gasteiger partial charge on any atom is 0.338 e. The number of carboxylic acid groups (broad SMARTS) is 1. The number of nitrogens with two attached hydrogens (primary N) is 1. The number of carbonyl (C=O) groups excluding carboxylic acids is 1. The number of amides is 1. The standard InChI is InChI=1S/C14H15I3N2O3/c15-8-7(14(21)22)9(16)12(10(17)11(8)18)19-13(20)6-4-2-1-3-5-6/h6H,1-5,18H2,(H,19,20)(H,21,22). The van der Waals surface area contributed by atoms with Crippen molar-refractivity contribution in [3.8, 4) is 0 Å². The summed E-state index contributed by atoms with van der Waals surface area (Å²) in [6.07, 6.45) is 5.11. The van der Waals surface area contributed by atoms with Gasteiger partial charge in [0, 0.05) is 5.92 Å². The van der Waals surface area contributed by atoms with Gasteiger partial charge in [-0.2, -0.15) is 0 Å². The molecule has 22 heavy (non-hydrogen) atoms. The summed E-state index contributed by atoms with van der Waals surface area (Å²) in [5.74, 6) is -1.06. The van der Waals surface area contributed by atoms with Gasteiger partial charge in [0.1, 0.15) is 0 Å². The summed E-state index contributed by atoms with van der Waals surface area (Å²) in [4.78, 5) is 23.9. The molecule has 0 atom stereocenters. The van der Waals surface area contributed by atoms with Crippen molar-refractivity contribution in [1.29, 1.82) is 0 Å². The fourth-order valence-corrected chi connectivity index (χ4v) is 6.47. The molecule has 1 amide bonds. The number of halogens is 3. The second kappa shape index (κ2) is 7.81. The number of nitrogens with one attached hydrogen (secondary N) is 1. The number of aromatic carboxylic acids is 1. The van der Waals surface area contributed by atoms with Crippen LogP contribution in [-0.2, 0) is 4.79 Å². The Morgan fingerprint density at radius 2 is 1.64 bits per heavy atom. The highest BCUT2D eigenvalue weighted by molar-refractivity contribution is 14.1. The first kappa shape index (κ1) is 18.5. The lowest BCUT2D eigenvalue weighted by Gasteiger charge is -2.22. The van der Waals surface area contributed by atoms with Crippen LogP contribution < -0.4 is 11.1 Å². The summed E-state index contributed by atoms with van der Waals surface area (Å²) in [6, 6.07) is 0. The molecule has 0 heterocycles. The molecule has 0 spiro atoms. The maximum atomic E-state index is 12.4. The molecule has 8 heteroatoms. The van der Waals surface area contributed by atoms with Gasteiger partial charge in [0.05, 0.1) is 27.6 Å². The number of carbonyl (C=O) groups is 2. The van der Waals surface area contributed by atoms with Crippen LogP contribution in [0.5, 0.6) is 0 Å². The molecule has 0 bridgehead atoms. The molecule has 1 aromatic rings. The smallest absolute Gasteiger partial charge is 0.338 e. The van der Waals surface area contributed by atoms with Gasteiger partial charge < -0.3 is 16.2 Å². The second-order valence-electron chi connectivity index (χ2n) is 5.23. The molecule has 1 aromatic carbocycles. The van der Waals surface area contributed by atoms with E-state index in [2.05, 4.69) is 27.9 Å². The van der Waals surface area contributed by atoms with Crippen molar-refractivity contribution in [1.82, 2.24) is 0 Å². The Morgan fingerprint density at radius 3 is 2.18 bits per heavy atom. The monoisotopic (exact) mass is 640 g/mol. The molecule has 4 N–H and O–H groups in total. The summed E-state index contributed by atoms with van der Waals surface area (Å²) < 4.78 is 1.73. The molecular weight excluding hydrogens is 625 g/mol. The van der Waals surface area contributed by atoms with Gasteiger partial charge in [-0.05, 0) is 80.6 Å². The number of anilines is 2. The van der Waals surface area contributed by atoms with E-state index < -0.39 is 5.97 Å². The molecule has 0 aromatic heterocycles. The van der Waals surface area contributed by atoms with Crippen molar-refractivity contribution in [3.63, 3.8) is 0 Å². The van der Waals surface area contributed by atoms with Gasteiger partial charge in [-0.15, -0.1) is 0 Å². The van der Waals surface area contributed by atoms with Crippen LogP contribution in [-0.4, -0.2) is 17.0 Å². The minimum absolute atomic E-state index is 0.00845. The average Bonchev–Trinajstić information content (AvgIpc) is 2.50. The fraction of sp³-hybridized carbons (Fsp3) is 0.429. The lowest BCUT2D eigenvalue weighted by Crippen LogP contribution is -2.26. The number of rotatable bonds is 3. The van der Waals surface area contributed by atoms with Crippen molar-refractivity contribution >= 4 is 91.0 Å². The Morgan fingerprint density at radius 1 is 1.05 bits per heavy atom. The van der Waals surface area contributed by atoms with E-state index in [-0.39, 0.29) is 17.4 Å².